The molecular weight excluding hydrogens is 380 g/mol. The first-order chi connectivity index (χ1) is 14.5. The highest BCUT2D eigenvalue weighted by atomic mass is 16.5. The Labute approximate surface area is 176 Å². The molecule has 2 bridgehead atoms. The van der Waals surface area contributed by atoms with Crippen molar-refractivity contribution in [2.75, 3.05) is 6.61 Å². The molecule has 0 spiro atoms. The number of hydrogen-bond donors (Lipinski definition) is 1. The summed E-state index contributed by atoms with van der Waals surface area (Å²) in [5.74, 6) is 0.797. The summed E-state index contributed by atoms with van der Waals surface area (Å²) in [5, 5.41) is 3.09. The van der Waals surface area contributed by atoms with E-state index >= 15 is 0 Å². The van der Waals surface area contributed by atoms with Gasteiger partial charge in [-0.25, -0.2) is 4.98 Å². The molecule has 2 saturated heterocycles. The molecule has 1 aromatic heterocycles. The second-order valence-corrected chi connectivity index (χ2v) is 8.12. The van der Waals surface area contributed by atoms with Crippen LogP contribution >= 0.6 is 0 Å². The van der Waals surface area contributed by atoms with E-state index in [0.717, 1.165) is 42.7 Å². The summed E-state index contributed by atoms with van der Waals surface area (Å²) in [6.07, 6.45) is 7.07. The highest BCUT2D eigenvalue weighted by Crippen LogP contribution is 2.36. The summed E-state index contributed by atoms with van der Waals surface area (Å²) in [4.78, 5) is 35.9. The minimum Gasteiger partial charge on any atom is -0.494 e. The molecule has 7 heteroatoms. The molecule has 4 rings (SSSR count). The predicted octanol–water partition coefficient (Wildman–Crippen LogP) is 2.68. The maximum absolute atomic E-state index is 13.0. The number of carbonyl (C=O) groups excluding carboxylic acids is 2. The van der Waals surface area contributed by atoms with E-state index < -0.39 is 0 Å². The van der Waals surface area contributed by atoms with Crippen LogP contribution < -0.4 is 10.1 Å². The van der Waals surface area contributed by atoms with Crippen LogP contribution in [0.25, 0.3) is 0 Å². The summed E-state index contributed by atoms with van der Waals surface area (Å²) in [6, 6.07) is 8.18. The number of rotatable bonds is 6. The topological polar surface area (TPSA) is 84.4 Å². The molecule has 0 saturated carbocycles. The van der Waals surface area contributed by atoms with Crippen molar-refractivity contribution in [1.29, 1.82) is 0 Å². The van der Waals surface area contributed by atoms with Crippen LogP contribution in [0.4, 0.5) is 0 Å². The number of benzene rings is 1. The maximum Gasteiger partial charge on any atom is 0.271 e. The Morgan fingerprint density at radius 1 is 1.10 bits per heavy atom. The molecule has 7 nitrogen and oxygen atoms in total. The number of nitrogens with zero attached hydrogens (tertiary/aromatic N) is 3. The molecular formula is C23H28N4O3. The maximum atomic E-state index is 13.0. The average molecular weight is 409 g/mol. The molecule has 30 heavy (non-hydrogen) atoms. The zero-order valence-electron chi connectivity index (χ0n) is 17.5. The molecule has 2 aromatic rings. The van der Waals surface area contributed by atoms with E-state index in [1.165, 1.54) is 6.20 Å². The third-order valence-corrected chi connectivity index (χ3v) is 5.96. The molecule has 2 amide bonds. The van der Waals surface area contributed by atoms with E-state index in [0.29, 0.717) is 18.7 Å². The smallest absolute Gasteiger partial charge is 0.271 e. The van der Waals surface area contributed by atoms with Crippen LogP contribution in [0.3, 0.4) is 0 Å². The monoisotopic (exact) mass is 408 g/mol. The van der Waals surface area contributed by atoms with Crippen molar-refractivity contribution in [3.05, 3.63) is 53.6 Å². The quantitative estimate of drug-likeness (QED) is 0.794. The van der Waals surface area contributed by atoms with Crippen LogP contribution in [-0.4, -0.2) is 51.4 Å². The SMILES string of the molecule is CCOc1ccc(CC(=O)N2[C@@H]3CC[C@H]2CC(NC(=O)c2cnc(C)cn2)C3)cc1. The van der Waals surface area contributed by atoms with Crippen LogP contribution in [0.15, 0.2) is 36.7 Å². The van der Waals surface area contributed by atoms with Gasteiger partial charge in [-0.2, -0.15) is 0 Å². The zero-order valence-corrected chi connectivity index (χ0v) is 17.5. The molecule has 1 unspecified atom stereocenters. The van der Waals surface area contributed by atoms with Gasteiger partial charge in [0.25, 0.3) is 5.91 Å². The van der Waals surface area contributed by atoms with Crippen molar-refractivity contribution in [2.24, 2.45) is 0 Å². The van der Waals surface area contributed by atoms with Gasteiger partial charge in [0, 0.05) is 24.3 Å². The first-order valence-corrected chi connectivity index (χ1v) is 10.7. The van der Waals surface area contributed by atoms with E-state index in [-0.39, 0.29) is 29.9 Å². The van der Waals surface area contributed by atoms with Crippen molar-refractivity contribution in [3.63, 3.8) is 0 Å². The Morgan fingerprint density at radius 3 is 2.40 bits per heavy atom. The van der Waals surface area contributed by atoms with E-state index in [9.17, 15) is 9.59 Å². The molecule has 0 aliphatic carbocycles. The minimum absolute atomic E-state index is 0.0626. The molecule has 2 fully saturated rings. The number of ether oxygens (including phenoxy) is 1. The van der Waals surface area contributed by atoms with Gasteiger partial charge in [-0.1, -0.05) is 12.1 Å². The fourth-order valence-electron chi connectivity index (χ4n) is 4.61. The molecule has 158 valence electrons. The van der Waals surface area contributed by atoms with Gasteiger partial charge in [0.15, 0.2) is 0 Å². The second-order valence-electron chi connectivity index (χ2n) is 8.12. The van der Waals surface area contributed by atoms with Crippen molar-refractivity contribution in [2.45, 2.75) is 64.1 Å². The first-order valence-electron chi connectivity index (χ1n) is 10.7. The molecule has 1 aromatic carbocycles. The van der Waals surface area contributed by atoms with E-state index in [4.69, 9.17) is 4.74 Å². The van der Waals surface area contributed by atoms with E-state index in [2.05, 4.69) is 20.2 Å². The zero-order chi connectivity index (χ0) is 21.1. The Balaban J connectivity index is 1.34. The number of hydrogen-bond acceptors (Lipinski definition) is 5. The molecule has 2 aliphatic heterocycles. The first kappa shape index (κ1) is 20.3. The number of aromatic nitrogens is 2. The minimum atomic E-state index is -0.193. The highest BCUT2D eigenvalue weighted by Gasteiger charge is 2.43. The summed E-state index contributed by atoms with van der Waals surface area (Å²) in [7, 11) is 0. The summed E-state index contributed by atoms with van der Waals surface area (Å²) < 4.78 is 5.47. The normalized spacial score (nSPS) is 22.6. The van der Waals surface area contributed by atoms with Crippen LogP contribution in [-0.2, 0) is 11.2 Å². The van der Waals surface area contributed by atoms with Crippen LogP contribution in [0, 0.1) is 6.92 Å². The van der Waals surface area contributed by atoms with Crippen molar-refractivity contribution >= 4 is 11.8 Å². The summed E-state index contributed by atoms with van der Waals surface area (Å²) in [5.41, 5.74) is 2.11. The van der Waals surface area contributed by atoms with Gasteiger partial charge in [0.1, 0.15) is 11.4 Å². The lowest BCUT2D eigenvalue weighted by molar-refractivity contribution is -0.135. The molecule has 3 heterocycles. The van der Waals surface area contributed by atoms with Gasteiger partial charge >= 0.3 is 0 Å². The predicted molar refractivity (Wildman–Crippen MR) is 112 cm³/mol. The number of piperidine rings is 1. The Kier molecular flexibility index (Phi) is 5.97. The standard InChI is InChI=1S/C23H28N4O3/c1-3-30-20-8-4-16(5-9-20)10-22(28)27-18-6-7-19(27)12-17(11-18)26-23(29)21-14-24-15(2)13-25-21/h4-5,8-9,13-14,17-19H,3,6-7,10-12H2,1-2H3,(H,26,29)/t17?,18-,19+. The Hall–Kier alpha value is -2.96. The number of carbonyl (C=O) groups is 2. The lowest BCUT2D eigenvalue weighted by atomic mass is 9.96. The molecule has 2 aliphatic rings. The van der Waals surface area contributed by atoms with Crippen LogP contribution in [0.2, 0.25) is 0 Å². The van der Waals surface area contributed by atoms with Gasteiger partial charge < -0.3 is 15.0 Å². The largest absolute Gasteiger partial charge is 0.494 e. The molecule has 0 radical (unpaired) electrons. The molecule has 1 N–H and O–H groups in total. The van der Waals surface area contributed by atoms with Gasteiger partial charge in [0.2, 0.25) is 5.91 Å². The molecule has 3 atom stereocenters. The van der Waals surface area contributed by atoms with Crippen LogP contribution in [0.1, 0.15) is 54.4 Å². The van der Waals surface area contributed by atoms with Crippen molar-refractivity contribution in [3.8, 4) is 5.75 Å². The number of fused-ring (bicyclic) bond motifs is 2. The Bertz CT molecular complexity index is 884. The van der Waals surface area contributed by atoms with Crippen molar-refractivity contribution < 1.29 is 14.3 Å². The average Bonchev–Trinajstić information content (AvgIpc) is 3.01. The number of nitrogens with one attached hydrogen (secondary N) is 1. The van der Waals surface area contributed by atoms with Gasteiger partial charge in [-0.3, -0.25) is 14.6 Å². The van der Waals surface area contributed by atoms with E-state index in [1.54, 1.807) is 6.20 Å². The summed E-state index contributed by atoms with van der Waals surface area (Å²) in [6.45, 7) is 4.42. The number of amides is 2. The fraction of sp³-hybridized carbons (Fsp3) is 0.478. The van der Waals surface area contributed by atoms with Gasteiger partial charge in [0.05, 0.1) is 24.9 Å². The fourth-order valence-corrected chi connectivity index (χ4v) is 4.61. The van der Waals surface area contributed by atoms with E-state index in [1.807, 2.05) is 38.1 Å². The third-order valence-electron chi connectivity index (χ3n) is 5.96. The van der Waals surface area contributed by atoms with Gasteiger partial charge in [-0.05, 0) is 57.2 Å². The lowest BCUT2D eigenvalue weighted by Crippen LogP contribution is -2.52. The lowest BCUT2D eigenvalue weighted by Gasteiger charge is -2.39. The number of aryl methyl sites for hydroxylation is 1. The van der Waals surface area contributed by atoms with Crippen molar-refractivity contribution in [1.82, 2.24) is 20.2 Å². The Morgan fingerprint density at radius 2 is 1.80 bits per heavy atom. The second kappa shape index (κ2) is 8.81. The van der Waals surface area contributed by atoms with Crippen LogP contribution in [0.5, 0.6) is 5.75 Å². The van der Waals surface area contributed by atoms with Gasteiger partial charge in [-0.15, -0.1) is 0 Å². The summed E-state index contributed by atoms with van der Waals surface area (Å²) >= 11 is 0. The third kappa shape index (κ3) is 4.45. The highest BCUT2D eigenvalue weighted by molar-refractivity contribution is 5.92.